The molecule has 0 saturated carbocycles. The first-order valence-electron chi connectivity index (χ1n) is 12.5. The molecule has 2 N–H and O–H groups in total. The summed E-state index contributed by atoms with van der Waals surface area (Å²) in [6, 6.07) is 24.0. The highest BCUT2D eigenvalue weighted by molar-refractivity contribution is 7.91. The third-order valence-electron chi connectivity index (χ3n) is 6.42. The first-order valence-corrected chi connectivity index (χ1v) is 14.3. The number of hydrogen-bond acceptors (Lipinski definition) is 8. The quantitative estimate of drug-likeness (QED) is 0.297. The van der Waals surface area contributed by atoms with Crippen molar-refractivity contribution in [3.05, 3.63) is 84.7 Å². The van der Waals surface area contributed by atoms with Crippen molar-refractivity contribution in [2.45, 2.75) is 13.0 Å². The van der Waals surface area contributed by atoms with E-state index in [9.17, 15) is 8.42 Å². The monoisotopic (exact) mass is 517 g/mol. The van der Waals surface area contributed by atoms with Gasteiger partial charge in [0, 0.05) is 36.4 Å². The van der Waals surface area contributed by atoms with Gasteiger partial charge in [-0.1, -0.05) is 30.3 Å². The molecular formula is C28H31N5O3S. The van der Waals surface area contributed by atoms with Gasteiger partial charge < -0.3 is 20.3 Å². The van der Waals surface area contributed by atoms with Crippen molar-refractivity contribution < 1.29 is 13.2 Å². The van der Waals surface area contributed by atoms with Crippen LogP contribution in [0.25, 0.3) is 10.9 Å². The van der Waals surface area contributed by atoms with Crippen molar-refractivity contribution in [1.29, 1.82) is 0 Å². The van der Waals surface area contributed by atoms with Gasteiger partial charge in [0.25, 0.3) is 0 Å². The molecule has 0 atom stereocenters. The molecule has 1 aliphatic rings. The molecule has 9 heteroatoms. The molecule has 0 amide bonds. The normalized spacial score (nSPS) is 15.4. The van der Waals surface area contributed by atoms with Gasteiger partial charge in [-0.3, -0.25) is 0 Å². The van der Waals surface area contributed by atoms with Crippen molar-refractivity contribution in [3.8, 4) is 5.75 Å². The molecule has 8 nitrogen and oxygen atoms in total. The molecule has 1 fully saturated rings. The Morgan fingerprint density at radius 2 is 1.65 bits per heavy atom. The Kier molecular flexibility index (Phi) is 7.82. The number of anilines is 3. The first kappa shape index (κ1) is 25.0. The zero-order valence-corrected chi connectivity index (χ0v) is 21.5. The van der Waals surface area contributed by atoms with Crippen LogP contribution in [0.1, 0.15) is 12.0 Å². The van der Waals surface area contributed by atoms with Gasteiger partial charge in [0.2, 0.25) is 0 Å². The van der Waals surface area contributed by atoms with Gasteiger partial charge in [0.15, 0.2) is 9.84 Å². The van der Waals surface area contributed by atoms with E-state index in [1.807, 2.05) is 66.7 Å². The van der Waals surface area contributed by atoms with E-state index >= 15 is 0 Å². The molecule has 2 heterocycles. The Morgan fingerprint density at radius 1 is 0.892 bits per heavy atom. The minimum atomic E-state index is -2.83. The fourth-order valence-electron chi connectivity index (χ4n) is 4.29. The highest BCUT2D eigenvalue weighted by atomic mass is 32.2. The number of fused-ring (bicyclic) bond motifs is 1. The topological polar surface area (TPSA) is 96.5 Å². The van der Waals surface area contributed by atoms with Crippen LogP contribution in [-0.4, -0.2) is 61.0 Å². The van der Waals surface area contributed by atoms with E-state index in [4.69, 9.17) is 4.74 Å². The van der Waals surface area contributed by atoms with Crippen LogP contribution in [0.5, 0.6) is 5.75 Å². The molecule has 0 aliphatic carbocycles. The molecule has 1 aromatic heterocycles. The van der Waals surface area contributed by atoms with E-state index in [0.29, 0.717) is 19.7 Å². The summed E-state index contributed by atoms with van der Waals surface area (Å²) in [6.07, 6.45) is 2.50. The largest absolute Gasteiger partial charge is 0.489 e. The van der Waals surface area contributed by atoms with Crippen LogP contribution in [-0.2, 0) is 16.4 Å². The number of benzene rings is 3. The molecule has 3 aromatic carbocycles. The Morgan fingerprint density at radius 3 is 2.43 bits per heavy atom. The highest BCUT2D eigenvalue weighted by Gasteiger charge is 2.20. The number of rotatable bonds is 10. The van der Waals surface area contributed by atoms with Crippen molar-refractivity contribution >= 4 is 37.9 Å². The molecule has 0 radical (unpaired) electrons. The Hall–Kier alpha value is -3.69. The van der Waals surface area contributed by atoms with E-state index in [0.717, 1.165) is 58.9 Å². The summed E-state index contributed by atoms with van der Waals surface area (Å²) in [5.74, 6) is 2.08. The molecule has 5 rings (SSSR count). The SMILES string of the molecule is O=S1(=O)CCN(CCCNc2ccc3ncnc(Nc4ccc(OCc5ccccc5)cc4)c3c2)CC1. The standard InChI is InChI=1S/C28H31N5O3S/c34-37(35)17-15-33(16-18-37)14-4-13-29-24-9-12-27-26(19-24)28(31-21-30-27)32-23-7-10-25(11-8-23)36-20-22-5-2-1-3-6-22/h1-3,5-12,19,21,29H,4,13-18,20H2,(H,30,31,32). The Balaban J connectivity index is 1.17. The Bertz CT molecular complexity index is 1420. The van der Waals surface area contributed by atoms with Crippen molar-refractivity contribution in [2.24, 2.45) is 0 Å². The number of nitrogens with one attached hydrogen (secondary N) is 2. The first-order chi connectivity index (χ1) is 18.0. The third kappa shape index (κ3) is 6.96. The van der Waals surface area contributed by atoms with Crippen LogP contribution < -0.4 is 15.4 Å². The van der Waals surface area contributed by atoms with Crippen LogP contribution in [0.4, 0.5) is 17.2 Å². The molecule has 0 bridgehead atoms. The van der Waals surface area contributed by atoms with Crippen molar-refractivity contribution in [1.82, 2.24) is 14.9 Å². The van der Waals surface area contributed by atoms with Gasteiger partial charge in [0.1, 0.15) is 24.5 Å². The highest BCUT2D eigenvalue weighted by Crippen LogP contribution is 2.27. The number of ether oxygens (including phenoxy) is 1. The van der Waals surface area contributed by atoms with Crippen LogP contribution in [0.15, 0.2) is 79.1 Å². The maximum Gasteiger partial charge on any atom is 0.152 e. The third-order valence-corrected chi connectivity index (χ3v) is 8.03. The maximum absolute atomic E-state index is 11.6. The number of sulfone groups is 1. The summed E-state index contributed by atoms with van der Waals surface area (Å²) < 4.78 is 29.1. The van der Waals surface area contributed by atoms with Crippen LogP contribution in [0.2, 0.25) is 0 Å². The molecule has 1 saturated heterocycles. The van der Waals surface area contributed by atoms with Crippen LogP contribution in [0.3, 0.4) is 0 Å². The summed E-state index contributed by atoms with van der Waals surface area (Å²) >= 11 is 0. The summed E-state index contributed by atoms with van der Waals surface area (Å²) in [5.41, 5.74) is 3.90. The summed E-state index contributed by atoms with van der Waals surface area (Å²) in [4.78, 5) is 11.1. The van der Waals surface area contributed by atoms with Gasteiger partial charge >= 0.3 is 0 Å². The maximum atomic E-state index is 11.6. The van der Waals surface area contributed by atoms with E-state index in [1.165, 1.54) is 0 Å². The zero-order chi connectivity index (χ0) is 25.5. The molecule has 192 valence electrons. The average molecular weight is 518 g/mol. The fraction of sp³-hybridized carbons (Fsp3) is 0.286. The number of nitrogens with zero attached hydrogens (tertiary/aromatic N) is 3. The van der Waals surface area contributed by atoms with Gasteiger partial charge in [-0.2, -0.15) is 0 Å². The molecule has 0 spiro atoms. The van der Waals surface area contributed by atoms with Gasteiger partial charge in [-0.05, 0) is 61.0 Å². The van der Waals surface area contributed by atoms with E-state index in [1.54, 1.807) is 6.33 Å². The van der Waals surface area contributed by atoms with Gasteiger partial charge in [0.05, 0.1) is 17.0 Å². The molecular weight excluding hydrogens is 486 g/mol. The van der Waals surface area contributed by atoms with E-state index in [2.05, 4.69) is 31.6 Å². The van der Waals surface area contributed by atoms with Gasteiger partial charge in [-0.25, -0.2) is 18.4 Å². The summed E-state index contributed by atoms with van der Waals surface area (Å²) in [7, 11) is -2.83. The Labute approximate surface area is 217 Å². The second kappa shape index (κ2) is 11.6. The van der Waals surface area contributed by atoms with Crippen LogP contribution >= 0.6 is 0 Å². The average Bonchev–Trinajstić information content (AvgIpc) is 2.92. The molecule has 37 heavy (non-hydrogen) atoms. The number of aromatic nitrogens is 2. The lowest BCUT2D eigenvalue weighted by molar-refractivity contribution is 0.295. The predicted octanol–water partition coefficient (Wildman–Crippen LogP) is 4.48. The predicted molar refractivity (Wildman–Crippen MR) is 148 cm³/mol. The second-order valence-electron chi connectivity index (χ2n) is 9.15. The summed E-state index contributed by atoms with van der Waals surface area (Å²) in [6.45, 7) is 3.47. The lowest BCUT2D eigenvalue weighted by Gasteiger charge is -2.26. The zero-order valence-electron chi connectivity index (χ0n) is 20.6. The minimum absolute atomic E-state index is 0.268. The lowest BCUT2D eigenvalue weighted by atomic mass is 10.2. The fourth-order valence-corrected chi connectivity index (χ4v) is 5.56. The van der Waals surface area contributed by atoms with Crippen molar-refractivity contribution in [2.75, 3.05) is 48.3 Å². The smallest absolute Gasteiger partial charge is 0.152 e. The molecule has 1 aliphatic heterocycles. The van der Waals surface area contributed by atoms with Gasteiger partial charge in [-0.15, -0.1) is 0 Å². The molecule has 4 aromatic rings. The van der Waals surface area contributed by atoms with E-state index in [-0.39, 0.29) is 11.5 Å². The summed E-state index contributed by atoms with van der Waals surface area (Å²) in [5, 5.41) is 7.80. The lowest BCUT2D eigenvalue weighted by Crippen LogP contribution is -2.41. The number of hydrogen-bond donors (Lipinski definition) is 2. The second-order valence-corrected chi connectivity index (χ2v) is 11.5. The minimum Gasteiger partial charge on any atom is -0.489 e. The van der Waals surface area contributed by atoms with Crippen molar-refractivity contribution in [3.63, 3.8) is 0 Å². The molecule has 0 unspecified atom stereocenters. The van der Waals surface area contributed by atoms with Crippen LogP contribution in [0, 0.1) is 0 Å². The van der Waals surface area contributed by atoms with E-state index < -0.39 is 9.84 Å².